The van der Waals surface area contributed by atoms with E-state index in [1.165, 1.54) is 11.1 Å². The molecule has 1 fully saturated rings. The van der Waals surface area contributed by atoms with E-state index in [0.717, 1.165) is 36.6 Å². The van der Waals surface area contributed by atoms with E-state index < -0.39 is 0 Å². The van der Waals surface area contributed by atoms with Gasteiger partial charge in [0.15, 0.2) is 0 Å². The number of carbonyl (C=O) groups excluding carboxylic acids is 1. The average Bonchev–Trinajstić information content (AvgIpc) is 3.18. The summed E-state index contributed by atoms with van der Waals surface area (Å²) in [4.78, 5) is 21.8. The average molecular weight is 341 g/mol. The van der Waals surface area contributed by atoms with Crippen LogP contribution in [0, 0.1) is 6.92 Å². The molecule has 4 nitrogen and oxygen atoms in total. The molecular weight excluding hydrogens is 318 g/mol. The van der Waals surface area contributed by atoms with Crippen LogP contribution in [0.3, 0.4) is 0 Å². The molecule has 0 saturated carbocycles. The van der Waals surface area contributed by atoms with E-state index >= 15 is 0 Å². The van der Waals surface area contributed by atoms with Crippen LogP contribution >= 0.6 is 11.3 Å². The molecule has 2 aromatic rings. The van der Waals surface area contributed by atoms with E-state index in [0.29, 0.717) is 18.4 Å². The Morgan fingerprint density at radius 1 is 1.42 bits per heavy atom. The van der Waals surface area contributed by atoms with E-state index in [1.54, 1.807) is 11.3 Å². The summed E-state index contributed by atoms with van der Waals surface area (Å²) in [6, 6.07) is 6.87. The number of amides is 1. The first-order valence-corrected chi connectivity index (χ1v) is 9.51. The standard InChI is InChI=1S/C19H23N3OS/c1-13-3-4-16-14(11-13)15-12-21(2)9-7-17(15)22(16)19(23)6-5-18-20-8-10-24-18/h3-4,8,10-11,15,17H,5-7,9,12H2,1-2H3/t15-,17-/m1/s1. The third kappa shape index (κ3) is 2.76. The smallest absolute Gasteiger partial charge is 0.227 e. The van der Waals surface area contributed by atoms with Gasteiger partial charge in [-0.2, -0.15) is 0 Å². The fraction of sp³-hybridized carbons (Fsp3) is 0.474. The van der Waals surface area contributed by atoms with Gasteiger partial charge in [-0.3, -0.25) is 4.79 Å². The van der Waals surface area contributed by atoms with Crippen molar-refractivity contribution in [2.24, 2.45) is 0 Å². The van der Waals surface area contributed by atoms with Crippen molar-refractivity contribution in [3.8, 4) is 0 Å². The van der Waals surface area contributed by atoms with Gasteiger partial charge in [-0.25, -0.2) is 4.98 Å². The molecule has 4 rings (SSSR count). The third-order valence-corrected chi connectivity index (χ3v) is 6.10. The minimum Gasteiger partial charge on any atom is -0.308 e. The van der Waals surface area contributed by atoms with Crippen molar-refractivity contribution >= 4 is 22.9 Å². The van der Waals surface area contributed by atoms with Crippen LogP contribution in [0.2, 0.25) is 0 Å². The van der Waals surface area contributed by atoms with E-state index in [-0.39, 0.29) is 5.91 Å². The Hall–Kier alpha value is -1.72. The highest BCUT2D eigenvalue weighted by Crippen LogP contribution is 2.45. The van der Waals surface area contributed by atoms with Gasteiger partial charge in [-0.05, 0) is 38.6 Å². The second-order valence-corrected chi connectivity index (χ2v) is 7.96. The van der Waals surface area contributed by atoms with Gasteiger partial charge in [0.05, 0.1) is 5.01 Å². The zero-order chi connectivity index (χ0) is 16.7. The molecule has 2 aliphatic rings. The maximum atomic E-state index is 13.0. The molecule has 0 N–H and O–H groups in total. The number of hydrogen-bond acceptors (Lipinski definition) is 4. The lowest BCUT2D eigenvalue weighted by atomic mass is 9.89. The lowest BCUT2D eigenvalue weighted by molar-refractivity contribution is -0.119. The summed E-state index contributed by atoms with van der Waals surface area (Å²) in [5.74, 6) is 0.690. The van der Waals surface area contributed by atoms with Crippen LogP contribution in [0.4, 0.5) is 5.69 Å². The minimum atomic E-state index is 0.243. The predicted octanol–water partition coefficient (Wildman–Crippen LogP) is 3.22. The molecule has 1 aromatic carbocycles. The van der Waals surface area contributed by atoms with Crippen molar-refractivity contribution < 1.29 is 4.79 Å². The number of likely N-dealkylation sites (N-methyl/N-ethyl adjacent to an activating group) is 1. The summed E-state index contributed by atoms with van der Waals surface area (Å²) in [6.07, 6.45) is 4.15. The highest BCUT2D eigenvalue weighted by Gasteiger charge is 2.43. The first kappa shape index (κ1) is 15.8. The Labute approximate surface area is 147 Å². The third-order valence-electron chi connectivity index (χ3n) is 5.26. The number of carbonyl (C=O) groups is 1. The Kier molecular flexibility index (Phi) is 4.14. The molecular formula is C19H23N3OS. The number of fused-ring (bicyclic) bond motifs is 3. The predicted molar refractivity (Wildman–Crippen MR) is 97.7 cm³/mol. The highest BCUT2D eigenvalue weighted by atomic mass is 32.1. The van der Waals surface area contributed by atoms with E-state index in [4.69, 9.17) is 0 Å². The van der Waals surface area contributed by atoms with Crippen LogP contribution in [-0.2, 0) is 11.2 Å². The first-order valence-electron chi connectivity index (χ1n) is 8.63. The Balaban J connectivity index is 1.61. The number of piperidine rings is 1. The minimum absolute atomic E-state index is 0.243. The van der Waals surface area contributed by atoms with Gasteiger partial charge in [0.2, 0.25) is 5.91 Å². The Bertz CT molecular complexity index is 743. The van der Waals surface area contributed by atoms with Gasteiger partial charge in [-0.15, -0.1) is 11.3 Å². The maximum Gasteiger partial charge on any atom is 0.227 e. The van der Waals surface area contributed by atoms with Crippen molar-refractivity contribution in [2.75, 3.05) is 25.0 Å². The van der Waals surface area contributed by atoms with Crippen molar-refractivity contribution in [1.82, 2.24) is 9.88 Å². The Morgan fingerprint density at radius 2 is 2.29 bits per heavy atom. The number of hydrogen-bond donors (Lipinski definition) is 0. The molecule has 0 unspecified atom stereocenters. The van der Waals surface area contributed by atoms with Crippen molar-refractivity contribution in [3.63, 3.8) is 0 Å². The van der Waals surface area contributed by atoms with Gasteiger partial charge >= 0.3 is 0 Å². The zero-order valence-electron chi connectivity index (χ0n) is 14.2. The van der Waals surface area contributed by atoms with E-state index in [9.17, 15) is 4.79 Å². The Morgan fingerprint density at radius 3 is 3.08 bits per heavy atom. The van der Waals surface area contributed by atoms with Crippen LogP contribution < -0.4 is 4.90 Å². The lowest BCUT2D eigenvalue weighted by Gasteiger charge is -2.36. The topological polar surface area (TPSA) is 36.4 Å². The number of thiazole rings is 1. The summed E-state index contributed by atoms with van der Waals surface area (Å²) in [6.45, 7) is 4.23. The van der Waals surface area contributed by atoms with Crippen LogP contribution in [0.15, 0.2) is 29.8 Å². The monoisotopic (exact) mass is 341 g/mol. The number of likely N-dealkylation sites (tertiary alicyclic amines) is 1. The van der Waals surface area contributed by atoms with Crippen molar-refractivity contribution in [3.05, 3.63) is 45.9 Å². The molecule has 0 aliphatic carbocycles. The summed E-state index contributed by atoms with van der Waals surface area (Å²) in [7, 11) is 2.18. The van der Waals surface area contributed by atoms with Crippen LogP contribution in [0.1, 0.15) is 34.9 Å². The van der Waals surface area contributed by atoms with Crippen molar-refractivity contribution in [2.45, 2.75) is 38.1 Å². The maximum absolute atomic E-state index is 13.0. The van der Waals surface area contributed by atoms with Gasteiger partial charge in [0, 0.05) is 48.6 Å². The normalized spacial score (nSPS) is 23.2. The van der Waals surface area contributed by atoms with Crippen molar-refractivity contribution in [1.29, 1.82) is 0 Å². The molecule has 3 heterocycles. The number of benzene rings is 1. The molecule has 1 saturated heterocycles. The van der Waals surface area contributed by atoms with Gasteiger partial charge in [0.25, 0.3) is 0 Å². The largest absolute Gasteiger partial charge is 0.308 e. The second kappa shape index (κ2) is 6.30. The molecule has 24 heavy (non-hydrogen) atoms. The molecule has 0 radical (unpaired) electrons. The number of nitrogens with zero attached hydrogens (tertiary/aromatic N) is 3. The quantitative estimate of drug-likeness (QED) is 0.860. The SMILES string of the molecule is Cc1ccc2c(c1)[C@H]1CN(C)CC[C@H]1N2C(=O)CCc1nccs1. The molecule has 2 aliphatic heterocycles. The van der Waals surface area contributed by atoms with Crippen LogP contribution in [-0.4, -0.2) is 42.0 Å². The number of rotatable bonds is 3. The number of anilines is 1. The zero-order valence-corrected chi connectivity index (χ0v) is 15.1. The summed E-state index contributed by atoms with van der Waals surface area (Å²) in [5, 5.41) is 3.02. The molecule has 0 bridgehead atoms. The van der Waals surface area contributed by atoms with Gasteiger partial charge in [0.1, 0.15) is 0 Å². The lowest BCUT2D eigenvalue weighted by Crippen LogP contribution is -2.47. The second-order valence-electron chi connectivity index (χ2n) is 6.98. The fourth-order valence-electron chi connectivity index (χ4n) is 4.12. The highest BCUT2D eigenvalue weighted by molar-refractivity contribution is 7.09. The molecule has 126 valence electrons. The number of aryl methyl sites for hydroxylation is 2. The van der Waals surface area contributed by atoms with Gasteiger partial charge < -0.3 is 9.80 Å². The van der Waals surface area contributed by atoms with Gasteiger partial charge in [-0.1, -0.05) is 17.7 Å². The molecule has 1 aromatic heterocycles. The summed E-state index contributed by atoms with van der Waals surface area (Å²) in [5.41, 5.74) is 3.77. The van der Waals surface area contributed by atoms with E-state index in [2.05, 4.69) is 47.0 Å². The van der Waals surface area contributed by atoms with Crippen LogP contribution in [0.5, 0.6) is 0 Å². The summed E-state index contributed by atoms with van der Waals surface area (Å²) < 4.78 is 0. The summed E-state index contributed by atoms with van der Waals surface area (Å²) >= 11 is 1.63. The molecule has 5 heteroatoms. The number of aromatic nitrogens is 1. The fourth-order valence-corrected chi connectivity index (χ4v) is 4.74. The van der Waals surface area contributed by atoms with E-state index in [1.807, 2.05) is 11.6 Å². The first-order chi connectivity index (χ1) is 11.6. The molecule has 1 amide bonds. The molecule has 0 spiro atoms. The molecule has 2 atom stereocenters. The van der Waals surface area contributed by atoms with Crippen LogP contribution in [0.25, 0.3) is 0 Å².